The zero-order chi connectivity index (χ0) is 26.9. The summed E-state index contributed by atoms with van der Waals surface area (Å²) in [4.78, 5) is 39.0. The van der Waals surface area contributed by atoms with Crippen LogP contribution in [0.1, 0.15) is 58.9 Å². The molecule has 5 atom stereocenters. The number of hydrogen-bond donors (Lipinski definition) is 0. The van der Waals surface area contributed by atoms with Crippen molar-refractivity contribution in [2.45, 2.75) is 45.6 Å². The van der Waals surface area contributed by atoms with E-state index in [9.17, 15) is 14.4 Å². The standard InChI is InChI=1S/C30H32O6S2/c1-19-8-11-24-29(2,21(19)10-9-20-13-15-34-26(20)31)14-12-25(36-28(33)23-7-5-17-38-23)30(24,3)18-35-27(32)22-6-4-16-37-22/h4-7,9-10,13,16-17,21,24-25H,1,8,11-12,14-15,18H2,2-3H3/b10-9+/t21-,24?,25-,29+,30+/m1/s1. The molecule has 1 unspecified atom stereocenters. The SMILES string of the molecule is C=C1CCC2[C@](C)(COC(=O)c3cccs3)[C@H](OC(=O)c3cccs3)CC[C@@]2(C)[C@@H]1/C=C/C1=CCOC1=O. The molecule has 0 radical (unpaired) electrons. The molecular formula is C30H32O6S2. The van der Waals surface area contributed by atoms with E-state index in [-0.39, 0.29) is 41.8 Å². The van der Waals surface area contributed by atoms with Gasteiger partial charge in [0, 0.05) is 11.3 Å². The van der Waals surface area contributed by atoms with Crippen molar-refractivity contribution in [1.82, 2.24) is 0 Å². The fourth-order valence-corrected chi connectivity index (χ4v) is 7.85. The maximum atomic E-state index is 13.0. The summed E-state index contributed by atoms with van der Waals surface area (Å²) in [6.45, 7) is 9.20. The molecular weight excluding hydrogens is 520 g/mol. The summed E-state index contributed by atoms with van der Waals surface area (Å²) in [5, 5.41) is 3.70. The minimum absolute atomic E-state index is 0.0248. The number of hydrogen-bond acceptors (Lipinski definition) is 8. The van der Waals surface area contributed by atoms with Gasteiger partial charge in [-0.15, -0.1) is 22.7 Å². The van der Waals surface area contributed by atoms with Crippen LogP contribution in [-0.2, 0) is 19.0 Å². The van der Waals surface area contributed by atoms with Gasteiger partial charge in [-0.3, -0.25) is 0 Å². The Morgan fingerprint density at radius 3 is 2.47 bits per heavy atom. The fourth-order valence-electron chi connectivity index (χ4n) is 6.63. The van der Waals surface area contributed by atoms with Crippen molar-refractivity contribution in [2.24, 2.45) is 22.7 Å². The van der Waals surface area contributed by atoms with Gasteiger partial charge in [0.05, 0.1) is 5.57 Å². The number of cyclic esters (lactones) is 1. The predicted octanol–water partition coefficient (Wildman–Crippen LogP) is 6.62. The zero-order valence-corrected chi connectivity index (χ0v) is 23.3. The van der Waals surface area contributed by atoms with E-state index >= 15 is 0 Å². The minimum Gasteiger partial charge on any atom is -0.461 e. The van der Waals surface area contributed by atoms with Gasteiger partial charge in [-0.2, -0.15) is 0 Å². The van der Waals surface area contributed by atoms with Crippen molar-refractivity contribution in [3.05, 3.63) is 80.7 Å². The van der Waals surface area contributed by atoms with Crippen molar-refractivity contribution >= 4 is 40.6 Å². The number of carbonyl (C=O) groups is 3. The van der Waals surface area contributed by atoms with Gasteiger partial charge in [-0.25, -0.2) is 14.4 Å². The van der Waals surface area contributed by atoms with Gasteiger partial charge in [0.1, 0.15) is 29.1 Å². The Bertz CT molecular complexity index is 1270. The molecule has 0 aromatic carbocycles. The molecule has 6 nitrogen and oxygen atoms in total. The molecule has 200 valence electrons. The molecule has 3 aliphatic rings. The molecule has 2 fully saturated rings. The van der Waals surface area contributed by atoms with E-state index in [1.54, 1.807) is 18.2 Å². The van der Waals surface area contributed by atoms with Crippen molar-refractivity contribution in [3.63, 3.8) is 0 Å². The number of esters is 3. The molecule has 0 spiro atoms. The van der Waals surface area contributed by atoms with Gasteiger partial charge >= 0.3 is 17.9 Å². The van der Waals surface area contributed by atoms with Crippen LogP contribution in [0.2, 0.25) is 0 Å². The van der Waals surface area contributed by atoms with E-state index in [1.807, 2.05) is 29.0 Å². The molecule has 2 saturated carbocycles. The molecule has 2 aromatic rings. The van der Waals surface area contributed by atoms with Gasteiger partial charge in [0.25, 0.3) is 0 Å². The molecule has 3 heterocycles. The third-order valence-corrected chi connectivity index (χ3v) is 10.3. The highest BCUT2D eigenvalue weighted by atomic mass is 32.1. The van der Waals surface area contributed by atoms with Crippen LogP contribution in [0.3, 0.4) is 0 Å². The highest BCUT2D eigenvalue weighted by Crippen LogP contribution is 2.62. The zero-order valence-electron chi connectivity index (χ0n) is 21.6. The highest BCUT2D eigenvalue weighted by molar-refractivity contribution is 7.12. The molecule has 0 saturated heterocycles. The van der Waals surface area contributed by atoms with E-state index in [4.69, 9.17) is 14.2 Å². The fraction of sp³-hybridized carbons (Fsp3) is 0.433. The smallest absolute Gasteiger partial charge is 0.348 e. The van der Waals surface area contributed by atoms with Crippen molar-refractivity contribution in [3.8, 4) is 0 Å². The third kappa shape index (κ3) is 4.92. The normalized spacial score (nSPS) is 31.0. The summed E-state index contributed by atoms with van der Waals surface area (Å²) >= 11 is 2.70. The van der Waals surface area contributed by atoms with Gasteiger partial charge in [0.15, 0.2) is 0 Å². The lowest BCUT2D eigenvalue weighted by atomic mass is 9.46. The molecule has 0 bridgehead atoms. The van der Waals surface area contributed by atoms with Crippen LogP contribution in [0.25, 0.3) is 0 Å². The third-order valence-electron chi connectivity index (χ3n) is 8.61. The van der Waals surface area contributed by atoms with Crippen molar-refractivity contribution in [1.29, 1.82) is 0 Å². The number of carbonyl (C=O) groups excluding carboxylic acids is 3. The van der Waals surface area contributed by atoms with Gasteiger partial charge in [0.2, 0.25) is 0 Å². The summed E-state index contributed by atoms with van der Waals surface area (Å²) in [5.74, 6) is -0.894. The van der Waals surface area contributed by atoms with Gasteiger partial charge in [-0.05, 0) is 66.0 Å². The molecule has 5 rings (SSSR count). The summed E-state index contributed by atoms with van der Waals surface area (Å²) in [6.07, 6.45) is 8.43. The number of fused-ring (bicyclic) bond motifs is 1. The lowest BCUT2D eigenvalue weighted by Gasteiger charge is -2.59. The van der Waals surface area contributed by atoms with Crippen LogP contribution in [0.5, 0.6) is 0 Å². The van der Waals surface area contributed by atoms with Crippen molar-refractivity contribution in [2.75, 3.05) is 13.2 Å². The molecule has 0 N–H and O–H groups in total. The van der Waals surface area contributed by atoms with Crippen LogP contribution in [0, 0.1) is 22.7 Å². The molecule has 38 heavy (non-hydrogen) atoms. The van der Waals surface area contributed by atoms with Crippen LogP contribution in [-0.4, -0.2) is 37.2 Å². The maximum absolute atomic E-state index is 13.0. The van der Waals surface area contributed by atoms with E-state index in [0.717, 1.165) is 24.8 Å². The molecule has 0 amide bonds. The van der Waals surface area contributed by atoms with Crippen LogP contribution in [0.15, 0.2) is 71.0 Å². The summed E-state index contributed by atoms with van der Waals surface area (Å²) in [5.41, 5.74) is 0.865. The Kier molecular flexibility index (Phi) is 7.47. The molecule has 8 heteroatoms. The Morgan fingerprint density at radius 2 is 1.84 bits per heavy atom. The average molecular weight is 553 g/mol. The Labute approximate surface area is 231 Å². The van der Waals surface area contributed by atoms with E-state index in [1.165, 1.54) is 22.7 Å². The lowest BCUT2D eigenvalue weighted by molar-refractivity contribution is -0.150. The molecule has 2 aliphatic carbocycles. The number of allylic oxidation sites excluding steroid dienone is 2. The second-order valence-electron chi connectivity index (χ2n) is 10.8. The van der Waals surface area contributed by atoms with Gasteiger partial charge in [-0.1, -0.05) is 50.3 Å². The average Bonchev–Trinajstić information content (AvgIpc) is 3.68. The topological polar surface area (TPSA) is 78.9 Å². The monoisotopic (exact) mass is 552 g/mol. The number of thiophene rings is 2. The number of rotatable bonds is 7. The van der Waals surface area contributed by atoms with Crippen molar-refractivity contribution < 1.29 is 28.6 Å². The van der Waals surface area contributed by atoms with E-state index in [2.05, 4.69) is 26.5 Å². The summed E-state index contributed by atoms with van der Waals surface area (Å²) in [7, 11) is 0. The van der Waals surface area contributed by atoms with Crippen LogP contribution in [0.4, 0.5) is 0 Å². The van der Waals surface area contributed by atoms with Gasteiger partial charge < -0.3 is 14.2 Å². The molecule has 1 aliphatic heterocycles. The Balaban J connectivity index is 1.45. The lowest BCUT2D eigenvalue weighted by Crippen LogP contribution is -2.58. The first-order chi connectivity index (χ1) is 18.2. The molecule has 2 aromatic heterocycles. The number of ether oxygens (including phenoxy) is 3. The maximum Gasteiger partial charge on any atom is 0.348 e. The quantitative estimate of drug-likeness (QED) is 0.218. The van der Waals surface area contributed by atoms with Crippen LogP contribution < -0.4 is 0 Å². The van der Waals surface area contributed by atoms with E-state index in [0.29, 0.717) is 28.4 Å². The first-order valence-corrected chi connectivity index (χ1v) is 14.7. The Hall–Kier alpha value is -2.97. The summed E-state index contributed by atoms with van der Waals surface area (Å²) in [6, 6.07) is 7.18. The summed E-state index contributed by atoms with van der Waals surface area (Å²) < 4.78 is 17.1. The second kappa shape index (κ2) is 10.7. The first-order valence-electron chi connectivity index (χ1n) is 12.9. The largest absolute Gasteiger partial charge is 0.461 e. The predicted molar refractivity (Wildman–Crippen MR) is 147 cm³/mol. The minimum atomic E-state index is -0.606. The van der Waals surface area contributed by atoms with E-state index < -0.39 is 11.5 Å². The Morgan fingerprint density at radius 1 is 1.13 bits per heavy atom. The second-order valence-corrected chi connectivity index (χ2v) is 12.7. The van der Waals surface area contributed by atoms with Crippen LogP contribution >= 0.6 is 22.7 Å². The first kappa shape index (κ1) is 26.6. The highest BCUT2D eigenvalue weighted by Gasteiger charge is 2.59.